The fraction of sp³-hybridized carbons (Fsp3) is 0.233. The quantitative estimate of drug-likeness (QED) is 0.0755. The van der Waals surface area contributed by atoms with Gasteiger partial charge in [0, 0.05) is 23.8 Å². The third kappa shape index (κ3) is 6.40. The number of phenolic OH excluding ortho intramolecular Hbond substituents is 5. The maximum atomic E-state index is 12.0. The number of rotatable bonds is 8. The Kier molecular flexibility index (Phi) is 8.64. The first kappa shape index (κ1) is 30.6. The van der Waals surface area contributed by atoms with E-state index in [2.05, 4.69) is 4.74 Å². The smallest absolute Gasteiger partial charge is 0.283 e. The lowest BCUT2D eigenvalue weighted by molar-refractivity contribution is -0.303. The third-order valence-corrected chi connectivity index (χ3v) is 6.89. The molecular weight excluding hydrogens is 584 g/mol. The van der Waals surface area contributed by atoms with Gasteiger partial charge in [-0.05, 0) is 48.0 Å². The fourth-order valence-corrected chi connectivity index (χ4v) is 4.53. The monoisotopic (exact) mass is 613 g/mol. The van der Waals surface area contributed by atoms with E-state index in [1.54, 1.807) is 0 Å². The van der Waals surface area contributed by atoms with Crippen LogP contribution in [0.25, 0.3) is 28.7 Å². The number of fused-ring (bicyclic) bond motifs is 1. The fourth-order valence-electron chi connectivity index (χ4n) is 4.53. The molecule has 3 aliphatic rings. The van der Waals surface area contributed by atoms with E-state index in [9.17, 15) is 50.8 Å². The van der Waals surface area contributed by atoms with Crippen molar-refractivity contribution in [3.63, 3.8) is 0 Å². The van der Waals surface area contributed by atoms with Crippen LogP contribution in [0.5, 0.6) is 34.5 Å². The highest BCUT2D eigenvalue weighted by Crippen LogP contribution is 2.43. The van der Waals surface area contributed by atoms with Gasteiger partial charge in [-0.3, -0.25) is 4.79 Å². The van der Waals surface area contributed by atoms with Crippen molar-refractivity contribution in [1.82, 2.24) is 0 Å². The molecule has 1 fully saturated rings. The van der Waals surface area contributed by atoms with Crippen LogP contribution >= 0.6 is 0 Å². The summed E-state index contributed by atoms with van der Waals surface area (Å²) in [7, 11) is 0. The van der Waals surface area contributed by atoms with Crippen molar-refractivity contribution in [2.24, 2.45) is 0 Å². The lowest BCUT2D eigenvalue weighted by Gasteiger charge is -2.39. The number of aliphatic hydroxyl groups is 6. The summed E-state index contributed by atoms with van der Waals surface area (Å²) in [6.45, 7) is -0.370. The van der Waals surface area contributed by atoms with Gasteiger partial charge in [-0.1, -0.05) is 6.07 Å². The molecule has 10 N–H and O–H groups in total. The summed E-state index contributed by atoms with van der Waals surface area (Å²) in [4.78, 5) is 12.0. The lowest BCUT2D eigenvalue weighted by atomic mass is 9.99. The first-order valence-electron chi connectivity index (χ1n) is 13.2. The van der Waals surface area contributed by atoms with Gasteiger partial charge in [-0.2, -0.15) is 0 Å². The van der Waals surface area contributed by atoms with Crippen molar-refractivity contribution < 1.29 is 64.6 Å². The molecule has 0 amide bonds. The molecule has 0 spiro atoms. The van der Waals surface area contributed by atoms with E-state index in [1.807, 2.05) is 0 Å². The van der Waals surface area contributed by atoms with E-state index in [-0.39, 0.29) is 46.5 Å². The molecule has 0 saturated carbocycles. The molecule has 44 heavy (non-hydrogen) atoms. The van der Waals surface area contributed by atoms with Gasteiger partial charge in [0.2, 0.25) is 6.29 Å². The summed E-state index contributed by atoms with van der Waals surface area (Å²) in [5.74, 6) is -2.39. The zero-order valence-electron chi connectivity index (χ0n) is 22.6. The van der Waals surface area contributed by atoms with Gasteiger partial charge in [0.05, 0.1) is 5.56 Å². The van der Waals surface area contributed by atoms with Crippen LogP contribution in [0, 0.1) is 0 Å². The Bertz CT molecular complexity index is 1700. The second kappa shape index (κ2) is 12.4. The zero-order chi connectivity index (χ0) is 31.7. The first-order chi connectivity index (χ1) is 20.9. The van der Waals surface area contributed by atoms with Crippen molar-refractivity contribution in [3.8, 4) is 57.1 Å². The minimum atomic E-state index is -1.80. The largest absolute Gasteiger partial charge is 0.507 e. The average Bonchev–Trinajstić information content (AvgIpc) is 2.98. The normalized spacial score (nSPS) is 22.8. The Morgan fingerprint density at radius 2 is 1.52 bits per heavy atom. The molecule has 2 aromatic carbocycles. The summed E-state index contributed by atoms with van der Waals surface area (Å²) < 4.78 is 21.4. The number of hydrogen-bond donors (Lipinski definition) is 9. The van der Waals surface area contributed by atoms with Crippen LogP contribution < -0.4 is 10.2 Å². The number of ether oxygens (including phenoxy) is 3. The second-order valence-corrected chi connectivity index (χ2v) is 10.0. The van der Waals surface area contributed by atoms with Crippen LogP contribution in [0.2, 0.25) is 0 Å². The Balaban J connectivity index is 1.39. The summed E-state index contributed by atoms with van der Waals surface area (Å²) in [6, 6.07) is 11.0. The van der Waals surface area contributed by atoms with E-state index in [0.29, 0.717) is 5.56 Å². The van der Waals surface area contributed by atoms with Crippen molar-refractivity contribution >= 4 is 6.08 Å². The van der Waals surface area contributed by atoms with Gasteiger partial charge < -0.3 is 64.6 Å². The zero-order valence-corrected chi connectivity index (χ0v) is 22.6. The first-order valence-corrected chi connectivity index (χ1v) is 13.2. The Morgan fingerprint density at radius 1 is 0.818 bits per heavy atom. The molecule has 4 unspecified atom stereocenters. The standard InChI is InChI=1S/C30H28O14/c31-15-9-19(34)16-11-23(29(42-22(16)10-15)14-3-5-18(33)21(36)8-14)43-30-28(40)27(39)26(38)24(44-30)12-41-25(37)6-2-13-1-4-17(32)20(35)7-13/h1-11,24-28,30,32-40H,12H2/p+1/t24?,25?,26-,27?,28?,30-/m1/s1. The topological polar surface area (TPSA) is 244 Å². The molecule has 0 radical (unpaired) electrons. The molecule has 6 atom stereocenters. The summed E-state index contributed by atoms with van der Waals surface area (Å²) in [5, 5.41) is 91.2. The molecule has 0 aromatic heterocycles. The van der Waals surface area contributed by atoms with Gasteiger partial charge in [0.1, 0.15) is 29.8 Å². The van der Waals surface area contributed by atoms with Gasteiger partial charge in [-0.25, -0.2) is 0 Å². The summed E-state index contributed by atoms with van der Waals surface area (Å²) >= 11 is 0. The number of benzene rings is 3. The van der Waals surface area contributed by atoms with Crippen molar-refractivity contribution in [3.05, 3.63) is 76.5 Å². The molecular formula is C30H29O14+. The summed E-state index contributed by atoms with van der Waals surface area (Å²) in [6.07, 6.45) is -6.89. The molecule has 5 rings (SSSR count). The molecule has 14 heteroatoms. The van der Waals surface area contributed by atoms with Crippen LogP contribution in [-0.4, -0.2) is 94.3 Å². The second-order valence-electron chi connectivity index (χ2n) is 10.0. The van der Waals surface area contributed by atoms with Crippen LogP contribution in [-0.2, 0) is 4.74 Å². The van der Waals surface area contributed by atoms with Crippen molar-refractivity contribution in [2.45, 2.75) is 37.0 Å². The molecule has 1 saturated heterocycles. The number of aliphatic hydroxyl groups excluding tert-OH is 4. The minimum absolute atomic E-state index is 0.0423. The molecule has 232 valence electrons. The molecule has 1 aliphatic carbocycles. The minimum Gasteiger partial charge on any atom is -0.507 e. The van der Waals surface area contributed by atoms with Gasteiger partial charge >= 0.3 is 0 Å². The summed E-state index contributed by atoms with van der Waals surface area (Å²) in [5.41, 5.74) is 0.0920. The van der Waals surface area contributed by atoms with E-state index in [4.69, 9.17) is 13.9 Å². The van der Waals surface area contributed by atoms with Gasteiger partial charge in [-0.15, -0.1) is 0 Å². The van der Waals surface area contributed by atoms with Crippen LogP contribution in [0.1, 0.15) is 5.56 Å². The Hall–Kier alpha value is -4.83. The Labute approximate surface area is 248 Å². The van der Waals surface area contributed by atoms with Crippen LogP contribution in [0.4, 0.5) is 0 Å². The maximum Gasteiger partial charge on any atom is 0.283 e. The third-order valence-electron chi connectivity index (χ3n) is 6.89. The van der Waals surface area contributed by atoms with E-state index < -0.39 is 59.7 Å². The molecule has 14 nitrogen and oxygen atoms in total. The predicted molar refractivity (Wildman–Crippen MR) is 151 cm³/mol. The van der Waals surface area contributed by atoms with Crippen LogP contribution in [0.15, 0.2) is 69.9 Å². The maximum absolute atomic E-state index is 12.0. The van der Waals surface area contributed by atoms with E-state index >= 15 is 0 Å². The van der Waals surface area contributed by atoms with E-state index in [0.717, 1.165) is 18.2 Å². The number of hydrogen-bond acceptors (Lipinski definition) is 13. The van der Waals surface area contributed by atoms with Gasteiger partial charge in [0.15, 0.2) is 52.6 Å². The van der Waals surface area contributed by atoms with Crippen molar-refractivity contribution in [1.29, 1.82) is 0 Å². The number of aromatic hydroxyl groups is 5. The molecule has 2 heterocycles. The molecule has 2 aliphatic heterocycles. The SMILES string of the molecule is O=c1cc2oc(-c3ccc(O)c(O)c3)c(O[C@@H]3OC(C[OH+]C(O)C=Cc4ccc(O)c(O)c4)[C@@H](O)C(O)C3O)cc-2c(O)c1. The molecule has 2 aromatic rings. The molecule has 0 bridgehead atoms. The van der Waals surface area contributed by atoms with Crippen molar-refractivity contribution in [2.75, 3.05) is 6.61 Å². The highest BCUT2D eigenvalue weighted by atomic mass is 16.7. The van der Waals surface area contributed by atoms with Crippen LogP contribution in [0.3, 0.4) is 0 Å². The highest BCUT2D eigenvalue weighted by molar-refractivity contribution is 5.76. The average molecular weight is 614 g/mol. The lowest BCUT2D eigenvalue weighted by Crippen LogP contribution is -2.60. The number of phenols is 5. The predicted octanol–water partition coefficient (Wildman–Crippen LogP) is 0.686. The van der Waals surface area contributed by atoms with E-state index in [1.165, 1.54) is 48.6 Å². The Morgan fingerprint density at radius 3 is 2.23 bits per heavy atom. The van der Waals surface area contributed by atoms with Gasteiger partial charge in [0.25, 0.3) is 6.29 Å². The highest BCUT2D eigenvalue weighted by Gasteiger charge is 2.47.